The van der Waals surface area contributed by atoms with Gasteiger partial charge in [-0.25, -0.2) is 0 Å². The van der Waals surface area contributed by atoms with Crippen molar-refractivity contribution in [3.05, 3.63) is 134 Å². The fraction of sp³-hybridized carbons (Fsp3) is 0.100. The SMILES string of the molecule is Cc1cc(C)cc(NC(=O)C2=c3s/c(=C\c4ccc([N+](=O)[O-])cc4)c(=O)n3C(N)=C(C#N)C2c2ccc([N+](=O)[O-])cc2)c1. The molecule has 1 unspecified atom stereocenters. The van der Waals surface area contributed by atoms with Crippen molar-refractivity contribution in [1.82, 2.24) is 4.57 Å². The smallest absolute Gasteiger partial charge is 0.274 e. The first-order valence-electron chi connectivity index (χ1n) is 12.7. The number of hydrogen-bond donors (Lipinski definition) is 2. The lowest BCUT2D eigenvalue weighted by atomic mass is 9.83. The van der Waals surface area contributed by atoms with Crippen molar-refractivity contribution in [2.45, 2.75) is 19.8 Å². The van der Waals surface area contributed by atoms with Gasteiger partial charge in [-0.15, -0.1) is 11.3 Å². The fourth-order valence-corrected chi connectivity index (χ4v) is 6.15. The number of thiazole rings is 1. The van der Waals surface area contributed by atoms with Crippen molar-refractivity contribution < 1.29 is 14.6 Å². The molecule has 0 spiro atoms. The number of rotatable bonds is 6. The molecule has 1 aromatic heterocycles. The van der Waals surface area contributed by atoms with E-state index in [4.69, 9.17) is 5.73 Å². The Morgan fingerprint density at radius 3 is 2.09 bits per heavy atom. The summed E-state index contributed by atoms with van der Waals surface area (Å²) < 4.78 is 1.46. The highest BCUT2D eigenvalue weighted by Crippen LogP contribution is 2.37. The van der Waals surface area contributed by atoms with Crippen molar-refractivity contribution in [3.8, 4) is 6.07 Å². The zero-order valence-corrected chi connectivity index (χ0v) is 23.5. The Morgan fingerprint density at radius 2 is 1.56 bits per heavy atom. The first kappa shape index (κ1) is 28.7. The zero-order chi connectivity index (χ0) is 31.0. The number of nitrogens with one attached hydrogen (secondary N) is 1. The summed E-state index contributed by atoms with van der Waals surface area (Å²) in [7, 11) is 0. The van der Waals surface area contributed by atoms with Gasteiger partial charge in [0.2, 0.25) is 0 Å². The molecule has 1 aliphatic rings. The molecule has 2 heterocycles. The number of carbonyl (C=O) groups is 1. The standard InChI is InChI=1S/C30H22N6O6S/c1-16-11-17(2)13-20(12-16)33-28(37)26-25(19-5-9-22(10-6-19)36(41)42)23(15-31)27(32)34-29(38)24(43-30(26)34)14-18-3-7-21(8-4-18)35(39)40/h3-14,25H,32H2,1-2H3,(H,33,37)/b24-14-. The monoisotopic (exact) mass is 594 g/mol. The van der Waals surface area contributed by atoms with Crippen LogP contribution < -0.4 is 25.8 Å². The minimum atomic E-state index is -1.04. The summed E-state index contributed by atoms with van der Waals surface area (Å²) in [6.45, 7) is 3.76. The van der Waals surface area contributed by atoms with Crippen molar-refractivity contribution >= 4 is 51.8 Å². The number of carbonyl (C=O) groups excluding carboxylic acids is 1. The molecule has 0 radical (unpaired) electrons. The molecule has 1 atom stereocenters. The molecule has 4 aromatic rings. The summed E-state index contributed by atoms with van der Waals surface area (Å²) in [5.74, 6) is -1.80. The van der Waals surface area contributed by atoms with Crippen LogP contribution in [0.3, 0.4) is 0 Å². The molecule has 3 aromatic carbocycles. The van der Waals surface area contributed by atoms with Crippen molar-refractivity contribution in [3.63, 3.8) is 0 Å². The maximum absolute atomic E-state index is 14.0. The van der Waals surface area contributed by atoms with E-state index in [1.54, 1.807) is 12.1 Å². The summed E-state index contributed by atoms with van der Waals surface area (Å²) in [6, 6.07) is 18.5. The summed E-state index contributed by atoms with van der Waals surface area (Å²) in [4.78, 5) is 48.9. The van der Waals surface area contributed by atoms with E-state index in [9.17, 15) is 35.1 Å². The van der Waals surface area contributed by atoms with Crippen LogP contribution in [0, 0.1) is 45.4 Å². The number of nitrogens with two attached hydrogens (primary N) is 1. The van der Waals surface area contributed by atoms with Gasteiger partial charge in [-0.3, -0.25) is 34.4 Å². The maximum atomic E-state index is 14.0. The second-order valence-electron chi connectivity index (χ2n) is 9.84. The highest BCUT2D eigenvalue weighted by atomic mass is 32.1. The number of non-ortho nitro benzene ring substituents is 2. The lowest BCUT2D eigenvalue weighted by Crippen LogP contribution is -2.40. The number of nitriles is 1. The minimum Gasteiger partial charge on any atom is -0.384 e. The third-order valence-corrected chi connectivity index (χ3v) is 7.94. The van der Waals surface area contributed by atoms with Gasteiger partial charge in [0.15, 0.2) is 0 Å². The lowest BCUT2D eigenvalue weighted by Gasteiger charge is -2.25. The van der Waals surface area contributed by atoms with Crippen LogP contribution in [0.5, 0.6) is 0 Å². The van der Waals surface area contributed by atoms with E-state index >= 15 is 0 Å². The molecule has 1 aliphatic heterocycles. The molecule has 1 amide bonds. The van der Waals surface area contributed by atoms with Crippen LogP contribution in [0.1, 0.15) is 28.2 Å². The second-order valence-corrected chi connectivity index (χ2v) is 10.9. The molecule has 0 saturated carbocycles. The van der Waals surface area contributed by atoms with Crippen LogP contribution in [-0.4, -0.2) is 20.3 Å². The highest BCUT2D eigenvalue weighted by Gasteiger charge is 2.36. The molecular formula is C30H22N6O6S. The first-order chi connectivity index (χ1) is 20.5. The number of amides is 1. The Bertz CT molecular complexity index is 2070. The second kappa shape index (κ2) is 11.2. The molecule has 12 nitrogen and oxygen atoms in total. The van der Waals surface area contributed by atoms with Gasteiger partial charge in [0.1, 0.15) is 10.5 Å². The van der Waals surface area contributed by atoms with Crippen molar-refractivity contribution in [1.29, 1.82) is 5.26 Å². The minimum absolute atomic E-state index is 0.0595. The van der Waals surface area contributed by atoms with Gasteiger partial charge in [0.25, 0.3) is 22.8 Å². The number of anilines is 1. The number of aromatic nitrogens is 1. The molecule has 43 heavy (non-hydrogen) atoms. The van der Waals surface area contributed by atoms with E-state index in [-0.39, 0.29) is 37.5 Å². The number of allylic oxidation sites excluding steroid dienone is 1. The van der Waals surface area contributed by atoms with Crippen molar-refractivity contribution in [2.24, 2.45) is 5.73 Å². The predicted molar refractivity (Wildman–Crippen MR) is 161 cm³/mol. The number of fused-ring (bicyclic) bond motifs is 1. The van der Waals surface area contributed by atoms with Crippen LogP contribution in [0.4, 0.5) is 17.1 Å². The van der Waals surface area contributed by atoms with Gasteiger partial charge < -0.3 is 11.1 Å². The van der Waals surface area contributed by atoms with Gasteiger partial charge in [-0.05, 0) is 66.4 Å². The molecule has 0 saturated heterocycles. The zero-order valence-electron chi connectivity index (χ0n) is 22.7. The molecule has 13 heteroatoms. The van der Waals surface area contributed by atoms with Gasteiger partial charge in [0, 0.05) is 30.0 Å². The highest BCUT2D eigenvalue weighted by molar-refractivity contribution is 7.07. The molecule has 3 N–H and O–H groups in total. The predicted octanol–water partition coefficient (Wildman–Crippen LogP) is 3.41. The number of aryl methyl sites for hydroxylation is 2. The Kier molecular flexibility index (Phi) is 7.45. The summed E-state index contributed by atoms with van der Waals surface area (Å²) >= 11 is 0.975. The summed E-state index contributed by atoms with van der Waals surface area (Å²) in [6.07, 6.45) is 1.52. The quantitative estimate of drug-likeness (QED) is 0.251. The average Bonchev–Trinajstić information content (AvgIpc) is 3.28. The van der Waals surface area contributed by atoms with Crippen LogP contribution in [-0.2, 0) is 4.79 Å². The summed E-state index contributed by atoms with van der Waals surface area (Å²) in [5, 5.41) is 35.4. The van der Waals surface area contributed by atoms with Gasteiger partial charge in [-0.1, -0.05) is 18.2 Å². The van der Waals surface area contributed by atoms with E-state index in [1.165, 1.54) is 54.6 Å². The molecule has 214 valence electrons. The number of nitro benzene ring substituents is 2. The Labute approximate surface area is 247 Å². The van der Waals surface area contributed by atoms with Gasteiger partial charge in [0.05, 0.1) is 37.5 Å². The molecule has 0 aliphatic carbocycles. The van der Waals surface area contributed by atoms with E-state index in [1.807, 2.05) is 26.0 Å². The van der Waals surface area contributed by atoms with E-state index in [0.717, 1.165) is 27.0 Å². The van der Waals surface area contributed by atoms with Crippen molar-refractivity contribution in [2.75, 3.05) is 5.32 Å². The van der Waals surface area contributed by atoms with E-state index in [0.29, 0.717) is 16.8 Å². The topological polar surface area (TPSA) is 187 Å². The molecule has 0 bridgehead atoms. The number of nitrogens with zero attached hydrogens (tertiary/aromatic N) is 4. The Hall–Kier alpha value is -5.87. The van der Waals surface area contributed by atoms with Crippen LogP contribution in [0.15, 0.2) is 77.1 Å². The fourth-order valence-electron chi connectivity index (χ4n) is 4.98. The number of hydrogen-bond acceptors (Lipinski definition) is 9. The molecule has 0 fully saturated rings. The Morgan fingerprint density at radius 1 is 1.00 bits per heavy atom. The van der Waals surface area contributed by atoms with E-state index in [2.05, 4.69) is 5.32 Å². The molecule has 5 rings (SSSR count). The first-order valence-corrected chi connectivity index (χ1v) is 13.6. The Balaban J connectivity index is 1.78. The summed E-state index contributed by atoms with van der Waals surface area (Å²) in [5.41, 5.74) is 8.73. The van der Waals surface area contributed by atoms with Gasteiger partial charge >= 0.3 is 0 Å². The molecular weight excluding hydrogens is 572 g/mol. The number of nitro groups is 2. The third-order valence-electron chi connectivity index (χ3n) is 6.83. The van der Waals surface area contributed by atoms with E-state index < -0.39 is 27.2 Å². The van der Waals surface area contributed by atoms with Crippen LogP contribution in [0.2, 0.25) is 0 Å². The lowest BCUT2D eigenvalue weighted by molar-refractivity contribution is -0.385. The van der Waals surface area contributed by atoms with Crippen LogP contribution >= 0.6 is 11.3 Å². The van der Waals surface area contributed by atoms with Crippen LogP contribution in [0.25, 0.3) is 17.5 Å². The average molecular weight is 595 g/mol. The number of benzene rings is 3. The largest absolute Gasteiger partial charge is 0.384 e. The maximum Gasteiger partial charge on any atom is 0.274 e. The van der Waals surface area contributed by atoms with Gasteiger partial charge in [-0.2, -0.15) is 5.26 Å². The third kappa shape index (κ3) is 5.42. The normalized spacial score (nSPS) is 14.7.